The number of anilines is 1. The molecule has 0 fully saturated rings. The molecule has 0 saturated carbocycles. The van der Waals surface area contributed by atoms with Crippen molar-refractivity contribution in [1.82, 2.24) is 0 Å². The Morgan fingerprint density at radius 3 is 2.56 bits per heavy atom. The van der Waals surface area contributed by atoms with Gasteiger partial charge in [0.25, 0.3) is 0 Å². The minimum atomic E-state index is 0.793. The monoisotopic (exact) mass is 221 g/mol. The highest BCUT2D eigenvalue weighted by atomic mass is 16.5. The van der Waals surface area contributed by atoms with Crippen molar-refractivity contribution in [2.75, 3.05) is 26.1 Å². The first-order chi connectivity index (χ1) is 7.67. The second kappa shape index (κ2) is 6.05. The van der Waals surface area contributed by atoms with Crippen molar-refractivity contribution in [1.29, 1.82) is 0 Å². The van der Waals surface area contributed by atoms with Crippen molar-refractivity contribution in [3.63, 3.8) is 0 Å². The zero-order valence-electron chi connectivity index (χ0n) is 10.3. The van der Waals surface area contributed by atoms with E-state index in [0.717, 1.165) is 23.7 Å². The van der Waals surface area contributed by atoms with Crippen LogP contribution in [0.3, 0.4) is 0 Å². The molecule has 3 nitrogen and oxygen atoms in total. The Bertz CT molecular complexity index is 368. The van der Waals surface area contributed by atoms with E-state index in [1.807, 2.05) is 18.2 Å². The fourth-order valence-corrected chi connectivity index (χ4v) is 1.31. The summed E-state index contributed by atoms with van der Waals surface area (Å²) in [5, 5.41) is 3.29. The number of nitrogens with one attached hydrogen (secondary N) is 1. The minimum Gasteiger partial charge on any atom is -0.497 e. The molecule has 1 aromatic carbocycles. The SMILES string of the molecule is COc1ccc(NCC=C(C)C)c(OC)c1. The van der Waals surface area contributed by atoms with Gasteiger partial charge in [-0.1, -0.05) is 11.6 Å². The summed E-state index contributed by atoms with van der Waals surface area (Å²) in [6.45, 7) is 4.95. The summed E-state index contributed by atoms with van der Waals surface area (Å²) >= 11 is 0. The number of ether oxygens (including phenoxy) is 2. The van der Waals surface area contributed by atoms with E-state index in [1.54, 1.807) is 14.2 Å². The Kier molecular flexibility index (Phi) is 4.70. The maximum Gasteiger partial charge on any atom is 0.145 e. The highest BCUT2D eigenvalue weighted by Gasteiger charge is 2.03. The van der Waals surface area contributed by atoms with Gasteiger partial charge in [0.1, 0.15) is 11.5 Å². The second-order valence-corrected chi connectivity index (χ2v) is 3.73. The van der Waals surface area contributed by atoms with E-state index < -0.39 is 0 Å². The predicted molar refractivity (Wildman–Crippen MR) is 67.5 cm³/mol. The van der Waals surface area contributed by atoms with Crippen LogP contribution in [0.15, 0.2) is 29.8 Å². The molecule has 0 aliphatic rings. The van der Waals surface area contributed by atoms with Crippen LogP contribution < -0.4 is 14.8 Å². The molecular formula is C13H19NO2. The van der Waals surface area contributed by atoms with Crippen LogP contribution in [-0.2, 0) is 0 Å². The van der Waals surface area contributed by atoms with Crippen LogP contribution in [0.5, 0.6) is 11.5 Å². The number of hydrogen-bond donors (Lipinski definition) is 1. The third-order valence-corrected chi connectivity index (χ3v) is 2.21. The summed E-state index contributed by atoms with van der Waals surface area (Å²) in [4.78, 5) is 0. The summed E-state index contributed by atoms with van der Waals surface area (Å²) in [6.07, 6.45) is 2.13. The van der Waals surface area contributed by atoms with Gasteiger partial charge in [0.15, 0.2) is 0 Å². The minimum absolute atomic E-state index is 0.793. The van der Waals surface area contributed by atoms with Gasteiger partial charge in [-0.05, 0) is 26.0 Å². The number of methoxy groups -OCH3 is 2. The average molecular weight is 221 g/mol. The molecule has 0 bridgehead atoms. The van der Waals surface area contributed by atoms with Crippen LogP contribution in [0, 0.1) is 0 Å². The van der Waals surface area contributed by atoms with Crippen molar-refractivity contribution in [3.05, 3.63) is 29.8 Å². The van der Waals surface area contributed by atoms with Gasteiger partial charge in [-0.2, -0.15) is 0 Å². The summed E-state index contributed by atoms with van der Waals surface area (Å²) in [5.41, 5.74) is 2.26. The quantitative estimate of drug-likeness (QED) is 0.775. The van der Waals surface area contributed by atoms with Crippen LogP contribution in [-0.4, -0.2) is 20.8 Å². The molecule has 0 heterocycles. The maximum atomic E-state index is 5.28. The van der Waals surface area contributed by atoms with Gasteiger partial charge >= 0.3 is 0 Å². The Hall–Kier alpha value is -1.64. The first kappa shape index (κ1) is 12.4. The molecule has 0 radical (unpaired) electrons. The van der Waals surface area contributed by atoms with Crippen LogP contribution in [0.2, 0.25) is 0 Å². The molecule has 0 saturated heterocycles. The van der Waals surface area contributed by atoms with Gasteiger partial charge in [-0.25, -0.2) is 0 Å². The standard InChI is InChI=1S/C13H19NO2/c1-10(2)7-8-14-12-6-5-11(15-3)9-13(12)16-4/h5-7,9,14H,8H2,1-4H3. The lowest BCUT2D eigenvalue weighted by molar-refractivity contribution is 0.395. The number of rotatable bonds is 5. The predicted octanol–water partition coefficient (Wildman–Crippen LogP) is 3.08. The molecule has 0 aromatic heterocycles. The van der Waals surface area contributed by atoms with Gasteiger partial charge in [0.05, 0.1) is 19.9 Å². The van der Waals surface area contributed by atoms with Crippen LogP contribution in [0.1, 0.15) is 13.8 Å². The number of hydrogen-bond acceptors (Lipinski definition) is 3. The molecule has 1 rings (SSSR count). The smallest absolute Gasteiger partial charge is 0.145 e. The highest BCUT2D eigenvalue weighted by Crippen LogP contribution is 2.28. The lowest BCUT2D eigenvalue weighted by atomic mass is 10.2. The van der Waals surface area contributed by atoms with E-state index in [0.29, 0.717) is 0 Å². The Morgan fingerprint density at radius 1 is 1.25 bits per heavy atom. The zero-order valence-corrected chi connectivity index (χ0v) is 10.3. The Labute approximate surface area is 97.1 Å². The molecule has 0 aliphatic heterocycles. The van der Waals surface area contributed by atoms with E-state index in [4.69, 9.17) is 9.47 Å². The van der Waals surface area contributed by atoms with Crippen LogP contribution in [0.25, 0.3) is 0 Å². The van der Waals surface area contributed by atoms with Gasteiger partial charge in [0.2, 0.25) is 0 Å². The molecule has 3 heteroatoms. The van der Waals surface area contributed by atoms with Gasteiger partial charge in [0, 0.05) is 12.6 Å². The molecule has 0 amide bonds. The van der Waals surface area contributed by atoms with E-state index in [9.17, 15) is 0 Å². The molecule has 16 heavy (non-hydrogen) atoms. The zero-order chi connectivity index (χ0) is 12.0. The van der Waals surface area contributed by atoms with E-state index in [2.05, 4.69) is 25.2 Å². The number of benzene rings is 1. The molecule has 0 atom stereocenters. The van der Waals surface area contributed by atoms with E-state index in [1.165, 1.54) is 5.57 Å². The fraction of sp³-hybridized carbons (Fsp3) is 0.385. The van der Waals surface area contributed by atoms with Crippen LogP contribution in [0.4, 0.5) is 5.69 Å². The van der Waals surface area contributed by atoms with Crippen molar-refractivity contribution < 1.29 is 9.47 Å². The molecule has 1 N–H and O–H groups in total. The normalized spacial score (nSPS) is 9.50. The summed E-state index contributed by atoms with van der Waals surface area (Å²) < 4.78 is 10.4. The van der Waals surface area contributed by atoms with E-state index >= 15 is 0 Å². The summed E-state index contributed by atoms with van der Waals surface area (Å²) in [5.74, 6) is 1.59. The third kappa shape index (κ3) is 3.50. The maximum absolute atomic E-state index is 5.28. The molecule has 0 unspecified atom stereocenters. The first-order valence-corrected chi connectivity index (χ1v) is 5.26. The summed E-state index contributed by atoms with van der Waals surface area (Å²) in [7, 11) is 3.30. The molecule has 0 spiro atoms. The average Bonchev–Trinajstić information content (AvgIpc) is 2.29. The van der Waals surface area contributed by atoms with Crippen molar-refractivity contribution in [2.24, 2.45) is 0 Å². The van der Waals surface area contributed by atoms with Gasteiger partial charge in [-0.3, -0.25) is 0 Å². The van der Waals surface area contributed by atoms with Crippen molar-refractivity contribution in [3.8, 4) is 11.5 Å². The topological polar surface area (TPSA) is 30.5 Å². The molecule has 88 valence electrons. The lowest BCUT2D eigenvalue weighted by Gasteiger charge is -2.11. The highest BCUT2D eigenvalue weighted by molar-refractivity contribution is 5.59. The Balaban J connectivity index is 2.75. The third-order valence-electron chi connectivity index (χ3n) is 2.21. The molecule has 1 aromatic rings. The van der Waals surface area contributed by atoms with Gasteiger partial charge < -0.3 is 14.8 Å². The largest absolute Gasteiger partial charge is 0.497 e. The first-order valence-electron chi connectivity index (χ1n) is 5.26. The van der Waals surface area contributed by atoms with Crippen molar-refractivity contribution in [2.45, 2.75) is 13.8 Å². The Morgan fingerprint density at radius 2 is 2.00 bits per heavy atom. The number of allylic oxidation sites excluding steroid dienone is 1. The van der Waals surface area contributed by atoms with Crippen molar-refractivity contribution >= 4 is 5.69 Å². The van der Waals surface area contributed by atoms with Gasteiger partial charge in [-0.15, -0.1) is 0 Å². The van der Waals surface area contributed by atoms with E-state index in [-0.39, 0.29) is 0 Å². The second-order valence-electron chi connectivity index (χ2n) is 3.73. The van der Waals surface area contributed by atoms with Crippen LogP contribution >= 0.6 is 0 Å². The molecular weight excluding hydrogens is 202 g/mol. The summed E-state index contributed by atoms with van der Waals surface area (Å²) in [6, 6.07) is 5.73. The fourth-order valence-electron chi connectivity index (χ4n) is 1.31. The lowest BCUT2D eigenvalue weighted by Crippen LogP contribution is -2.01. The molecule has 0 aliphatic carbocycles.